The predicted molar refractivity (Wildman–Crippen MR) is 219 cm³/mol. The number of carbonyl (C=O) groups excluding carboxylic acids is 2. The first kappa shape index (κ1) is 42.5. The number of ether oxygens (including phenoxy) is 1. The van der Waals surface area contributed by atoms with Crippen molar-refractivity contribution in [3.63, 3.8) is 0 Å². The van der Waals surface area contributed by atoms with Crippen molar-refractivity contribution in [2.45, 2.75) is 84.0 Å². The molecule has 310 valence electrons. The number of aliphatic hydroxyl groups excluding tert-OH is 3. The normalized spacial score (nSPS) is 26.4. The second-order valence-corrected chi connectivity index (χ2v) is 17.3. The Morgan fingerprint density at radius 2 is 1.88 bits per heavy atom. The van der Waals surface area contributed by atoms with Crippen molar-refractivity contribution in [3.8, 4) is 16.9 Å². The Labute approximate surface area is 337 Å². The molecule has 3 saturated carbocycles. The van der Waals surface area contributed by atoms with E-state index < -0.39 is 24.4 Å². The highest BCUT2D eigenvalue weighted by atomic mass is 16.8. The lowest BCUT2D eigenvalue weighted by molar-refractivity contribution is -0.231. The largest absolute Gasteiger partial charge is 0.496 e. The summed E-state index contributed by atoms with van der Waals surface area (Å²) in [6, 6.07) is 15.8. The van der Waals surface area contributed by atoms with E-state index in [-0.39, 0.29) is 42.5 Å². The SMILES string of the molecule is COc1c(CN2OC(O)[C@@H]([C@H](C)O)[C@H]2C(=O)N[C@H]2C[C@H]3C[C@@H]([C@@H]2C)C3(C)C)cccc1-c1cc(C(=O)NC(Cc2ccccn2)CN(C)C)cc(N(C)CCO)c1. The first-order valence-electron chi connectivity index (χ1n) is 20.2. The maximum absolute atomic E-state index is 14.2. The van der Waals surface area contributed by atoms with Crippen molar-refractivity contribution in [2.75, 3.05) is 52.8 Å². The van der Waals surface area contributed by atoms with Crippen LogP contribution in [0.15, 0.2) is 60.8 Å². The van der Waals surface area contributed by atoms with E-state index in [1.54, 1.807) is 20.2 Å². The van der Waals surface area contributed by atoms with Crippen LogP contribution >= 0.6 is 0 Å². The molecule has 2 unspecified atom stereocenters. The molecular formula is C44H62N6O7. The number of carbonyl (C=O) groups is 2. The summed E-state index contributed by atoms with van der Waals surface area (Å²) in [4.78, 5) is 42.6. The number of aliphatic hydroxyl groups is 3. The summed E-state index contributed by atoms with van der Waals surface area (Å²) < 4.78 is 6.07. The van der Waals surface area contributed by atoms with Gasteiger partial charge in [-0.15, -0.1) is 0 Å². The first-order valence-corrected chi connectivity index (χ1v) is 20.2. The fourth-order valence-electron chi connectivity index (χ4n) is 9.56. The second kappa shape index (κ2) is 17.8. The van der Waals surface area contributed by atoms with Gasteiger partial charge in [-0.3, -0.25) is 19.4 Å². The monoisotopic (exact) mass is 786 g/mol. The summed E-state index contributed by atoms with van der Waals surface area (Å²) in [6.07, 6.45) is 1.97. The Balaban J connectivity index is 1.29. The van der Waals surface area contributed by atoms with Gasteiger partial charge in [0.25, 0.3) is 5.91 Å². The maximum atomic E-state index is 14.2. The van der Waals surface area contributed by atoms with Gasteiger partial charge < -0.3 is 40.5 Å². The van der Waals surface area contributed by atoms with E-state index >= 15 is 0 Å². The topological polar surface area (TPSA) is 160 Å². The van der Waals surface area contributed by atoms with E-state index in [0.29, 0.717) is 65.3 Å². The zero-order valence-corrected chi connectivity index (χ0v) is 34.7. The number of amides is 2. The number of rotatable bonds is 16. The number of likely N-dealkylation sites (N-methyl/N-ethyl adjacent to an activating group) is 2. The number of pyridine rings is 1. The van der Waals surface area contributed by atoms with Gasteiger partial charge in [0.05, 0.1) is 32.3 Å². The molecule has 2 amide bonds. The number of hydroxylamine groups is 2. The van der Waals surface area contributed by atoms with E-state index in [1.807, 2.05) is 85.5 Å². The van der Waals surface area contributed by atoms with Crippen LogP contribution in [-0.4, -0.2) is 121 Å². The zero-order chi connectivity index (χ0) is 41.2. The lowest BCUT2D eigenvalue weighted by Crippen LogP contribution is -2.62. The first-order chi connectivity index (χ1) is 27.1. The van der Waals surface area contributed by atoms with Gasteiger partial charge in [-0.05, 0) is 92.9 Å². The minimum atomic E-state index is -1.39. The molecule has 3 aromatic rings. The molecule has 1 aromatic heterocycles. The third-order valence-corrected chi connectivity index (χ3v) is 12.9. The number of para-hydroxylation sites is 1. The number of aromatic nitrogens is 1. The summed E-state index contributed by atoms with van der Waals surface area (Å²) in [6.45, 7) is 9.38. The van der Waals surface area contributed by atoms with Gasteiger partial charge in [-0.25, -0.2) is 0 Å². The molecule has 1 aliphatic heterocycles. The molecule has 0 radical (unpaired) electrons. The minimum absolute atomic E-state index is 0.00261. The average molecular weight is 787 g/mol. The van der Waals surface area contributed by atoms with Crippen LogP contribution in [0.25, 0.3) is 11.1 Å². The number of anilines is 1. The molecule has 5 N–H and O–H groups in total. The Morgan fingerprint density at radius 3 is 2.51 bits per heavy atom. The lowest BCUT2D eigenvalue weighted by Gasteiger charge is -2.62. The molecule has 57 heavy (non-hydrogen) atoms. The number of methoxy groups -OCH3 is 1. The lowest BCUT2D eigenvalue weighted by atomic mass is 9.45. The van der Waals surface area contributed by atoms with E-state index in [2.05, 4.69) is 36.4 Å². The Morgan fingerprint density at radius 1 is 1.11 bits per heavy atom. The molecule has 2 heterocycles. The third-order valence-electron chi connectivity index (χ3n) is 12.9. The van der Waals surface area contributed by atoms with Crippen molar-refractivity contribution >= 4 is 17.5 Å². The Kier molecular flexibility index (Phi) is 13.3. The summed E-state index contributed by atoms with van der Waals surface area (Å²) in [5.74, 6) is 0.473. The summed E-state index contributed by atoms with van der Waals surface area (Å²) in [5, 5.41) is 39.7. The van der Waals surface area contributed by atoms with Gasteiger partial charge in [0.1, 0.15) is 11.8 Å². The molecule has 7 rings (SSSR count). The van der Waals surface area contributed by atoms with E-state index in [4.69, 9.17) is 9.57 Å². The highest BCUT2D eigenvalue weighted by molar-refractivity contribution is 5.97. The van der Waals surface area contributed by atoms with Crippen LogP contribution in [0, 0.1) is 29.1 Å². The van der Waals surface area contributed by atoms with Crippen LogP contribution in [0.1, 0.15) is 62.2 Å². The standard InChI is InChI=1S/C44H62N6O7/c1-26-36-21-31(44(36,3)4)22-37(26)47-42(54)39-38(27(2)52)43(55)57-50(39)24-28-12-11-14-35(40(28)56-8)29-18-30(20-34(19-29)49(7)16-17-51)41(53)46-33(25-48(5)6)23-32-13-9-10-15-45-32/h9-15,18-20,26-27,31,33,36-39,43,51-52,55H,16-17,21-25H2,1-8H3,(H,46,53)(H,47,54)/t26-,27-,31+,33?,36-,37-,38-,39-,43?/m0/s1. The number of fused-ring (bicyclic) bond motifs is 2. The summed E-state index contributed by atoms with van der Waals surface area (Å²) in [7, 11) is 7.36. The highest BCUT2D eigenvalue weighted by Crippen LogP contribution is 2.61. The fourth-order valence-corrected chi connectivity index (χ4v) is 9.56. The average Bonchev–Trinajstić information content (AvgIpc) is 3.50. The third kappa shape index (κ3) is 9.14. The van der Waals surface area contributed by atoms with Crippen LogP contribution in [0.2, 0.25) is 0 Å². The van der Waals surface area contributed by atoms with Crippen LogP contribution in [0.4, 0.5) is 5.69 Å². The molecule has 2 bridgehead atoms. The number of hydrogen-bond donors (Lipinski definition) is 5. The van der Waals surface area contributed by atoms with E-state index in [1.165, 1.54) is 11.5 Å². The maximum Gasteiger partial charge on any atom is 0.251 e. The molecule has 2 aromatic carbocycles. The van der Waals surface area contributed by atoms with E-state index in [0.717, 1.165) is 17.8 Å². The number of nitrogens with one attached hydrogen (secondary N) is 2. The molecule has 0 spiro atoms. The molecular weight excluding hydrogens is 725 g/mol. The van der Waals surface area contributed by atoms with Gasteiger partial charge in [-0.1, -0.05) is 45.0 Å². The number of nitrogens with zero attached hydrogens (tertiary/aromatic N) is 4. The van der Waals surface area contributed by atoms with Crippen LogP contribution in [0.3, 0.4) is 0 Å². The van der Waals surface area contributed by atoms with Gasteiger partial charge in [0, 0.05) is 72.9 Å². The minimum Gasteiger partial charge on any atom is -0.496 e. The fraction of sp³-hybridized carbons (Fsp3) is 0.568. The Bertz CT molecular complexity index is 1860. The van der Waals surface area contributed by atoms with Gasteiger partial charge >= 0.3 is 0 Å². The van der Waals surface area contributed by atoms with Crippen molar-refractivity contribution in [1.29, 1.82) is 0 Å². The van der Waals surface area contributed by atoms with Crippen molar-refractivity contribution in [2.24, 2.45) is 29.1 Å². The van der Waals surface area contributed by atoms with Crippen molar-refractivity contribution in [1.82, 2.24) is 25.6 Å². The van der Waals surface area contributed by atoms with Crippen LogP contribution in [0.5, 0.6) is 5.75 Å². The molecule has 3 aliphatic carbocycles. The highest BCUT2D eigenvalue weighted by Gasteiger charge is 2.57. The quantitative estimate of drug-likeness (QED) is 0.144. The predicted octanol–water partition coefficient (Wildman–Crippen LogP) is 3.71. The Hall–Kier alpha value is -4.11. The molecule has 1 saturated heterocycles. The molecule has 4 fully saturated rings. The zero-order valence-electron chi connectivity index (χ0n) is 34.7. The van der Waals surface area contributed by atoms with Gasteiger partial charge in [-0.2, -0.15) is 5.06 Å². The molecule has 13 nitrogen and oxygen atoms in total. The van der Waals surface area contributed by atoms with Gasteiger partial charge in [0.2, 0.25) is 5.91 Å². The van der Waals surface area contributed by atoms with E-state index in [9.17, 15) is 24.9 Å². The number of benzene rings is 2. The van der Waals surface area contributed by atoms with Gasteiger partial charge in [0.15, 0.2) is 6.29 Å². The van der Waals surface area contributed by atoms with Crippen molar-refractivity contribution in [3.05, 3.63) is 77.6 Å². The summed E-state index contributed by atoms with van der Waals surface area (Å²) in [5.41, 5.74) is 4.39. The van der Waals surface area contributed by atoms with Crippen molar-refractivity contribution < 1.29 is 34.5 Å². The summed E-state index contributed by atoms with van der Waals surface area (Å²) >= 11 is 0. The van der Waals surface area contributed by atoms with Crippen LogP contribution < -0.4 is 20.3 Å². The molecule has 4 aliphatic rings. The second-order valence-electron chi connectivity index (χ2n) is 17.3. The van der Waals surface area contributed by atoms with Crippen LogP contribution in [-0.2, 0) is 22.6 Å². The molecule has 13 heteroatoms. The number of hydrogen-bond acceptors (Lipinski definition) is 11. The molecule has 9 atom stereocenters. The smallest absolute Gasteiger partial charge is 0.251 e.